The lowest BCUT2D eigenvalue weighted by Crippen LogP contribution is -2.49. The molecule has 0 radical (unpaired) electrons. The first-order chi connectivity index (χ1) is 14.5. The molecule has 2 aromatic carbocycles. The van der Waals surface area contributed by atoms with Crippen molar-refractivity contribution in [1.29, 1.82) is 5.26 Å². The molecule has 4 nitrogen and oxygen atoms in total. The number of anilines is 2. The minimum atomic E-state index is -0.482. The second kappa shape index (κ2) is 8.61. The van der Waals surface area contributed by atoms with E-state index in [2.05, 4.69) is 63.0 Å². The summed E-state index contributed by atoms with van der Waals surface area (Å²) in [5, 5.41) is 12.8. The van der Waals surface area contributed by atoms with Crippen LogP contribution in [0.2, 0.25) is 5.02 Å². The third-order valence-corrected chi connectivity index (χ3v) is 5.89. The highest BCUT2D eigenvalue weighted by Gasteiger charge is 2.33. The summed E-state index contributed by atoms with van der Waals surface area (Å²) in [7, 11) is 0. The van der Waals surface area contributed by atoms with E-state index >= 15 is 0 Å². The fourth-order valence-corrected chi connectivity index (χ4v) is 4.55. The molecule has 1 amide bonds. The van der Waals surface area contributed by atoms with Crippen molar-refractivity contribution in [3.8, 4) is 6.07 Å². The molecule has 0 fully saturated rings. The molecule has 0 unspecified atom stereocenters. The molecule has 0 aromatic heterocycles. The maximum atomic E-state index is 12.7. The average molecular weight is 434 g/mol. The number of amides is 1. The minimum absolute atomic E-state index is 0.0291. The molecule has 160 valence electrons. The topological polar surface area (TPSA) is 56.1 Å². The Kier molecular flexibility index (Phi) is 6.29. The summed E-state index contributed by atoms with van der Waals surface area (Å²) in [6.07, 6.45) is 3.92. The Bertz CT molecular complexity index is 1140. The number of hydrogen-bond donors (Lipinski definition) is 1. The highest BCUT2D eigenvalue weighted by molar-refractivity contribution is 6.34. The number of carbonyl (C=O) groups is 1. The number of nitrogens with one attached hydrogen (secondary N) is 1. The van der Waals surface area contributed by atoms with Gasteiger partial charge in [-0.3, -0.25) is 4.79 Å². The highest BCUT2D eigenvalue weighted by Crippen LogP contribution is 2.41. The van der Waals surface area contributed by atoms with Crippen molar-refractivity contribution in [2.45, 2.75) is 53.1 Å². The van der Waals surface area contributed by atoms with Gasteiger partial charge in [-0.25, -0.2) is 0 Å². The zero-order valence-corrected chi connectivity index (χ0v) is 19.6. The van der Waals surface area contributed by atoms with Crippen molar-refractivity contribution in [3.05, 3.63) is 69.8 Å². The summed E-state index contributed by atoms with van der Waals surface area (Å²) < 4.78 is 0. The van der Waals surface area contributed by atoms with E-state index in [0.717, 1.165) is 16.7 Å². The number of fused-ring (bicyclic) bond motifs is 1. The SMILES string of the molecule is CC1=CC(C)(C)N(C(C)C)c2cc(C)c(/C=C(/C#N)C(=O)Nc3ccccc3Cl)cc21. The Morgan fingerprint density at radius 1 is 1.23 bits per heavy atom. The first-order valence-corrected chi connectivity index (χ1v) is 10.7. The molecule has 2 aromatic rings. The third-order valence-electron chi connectivity index (χ3n) is 5.56. The van der Waals surface area contributed by atoms with Crippen LogP contribution >= 0.6 is 11.6 Å². The van der Waals surface area contributed by atoms with Gasteiger partial charge in [0.15, 0.2) is 0 Å². The fourth-order valence-electron chi connectivity index (χ4n) is 4.37. The van der Waals surface area contributed by atoms with E-state index in [1.54, 1.807) is 30.3 Å². The smallest absolute Gasteiger partial charge is 0.266 e. The molecule has 5 heteroatoms. The van der Waals surface area contributed by atoms with E-state index < -0.39 is 5.91 Å². The maximum absolute atomic E-state index is 12.7. The molecule has 3 rings (SSSR count). The first kappa shape index (κ1) is 22.7. The van der Waals surface area contributed by atoms with Crippen LogP contribution in [0.1, 0.15) is 51.3 Å². The number of nitriles is 1. The van der Waals surface area contributed by atoms with Crippen LogP contribution in [0.25, 0.3) is 11.6 Å². The summed E-state index contributed by atoms with van der Waals surface area (Å²) in [5.41, 5.74) is 5.75. The standard InChI is InChI=1S/C26H28ClN3O/c1-16(2)30-24-11-17(3)19(13-21(24)18(4)14-26(30,5)6)12-20(15-28)25(31)29-23-10-8-7-9-22(23)27/h7-14,16H,1-6H3,(H,29,31)/b20-12-. The molecule has 1 aliphatic heterocycles. The number of nitrogens with zero attached hydrogens (tertiary/aromatic N) is 2. The van der Waals surface area contributed by atoms with Crippen molar-refractivity contribution in [3.63, 3.8) is 0 Å². The Balaban J connectivity index is 2.03. The number of rotatable bonds is 4. The molecule has 0 aliphatic carbocycles. The molecule has 0 saturated carbocycles. The van der Waals surface area contributed by atoms with Crippen molar-refractivity contribution in [1.82, 2.24) is 0 Å². The number of carbonyl (C=O) groups excluding carboxylic acids is 1. The number of allylic oxidation sites excluding steroid dienone is 1. The van der Waals surface area contributed by atoms with Gasteiger partial charge in [0.05, 0.1) is 16.2 Å². The second-order valence-electron chi connectivity index (χ2n) is 8.77. The third kappa shape index (κ3) is 4.52. The van der Waals surface area contributed by atoms with Gasteiger partial charge in [0, 0.05) is 17.3 Å². The van der Waals surface area contributed by atoms with Gasteiger partial charge in [0.2, 0.25) is 0 Å². The zero-order chi connectivity index (χ0) is 22.9. The number of halogens is 1. The van der Waals surface area contributed by atoms with Crippen LogP contribution < -0.4 is 10.2 Å². The summed E-state index contributed by atoms with van der Waals surface area (Å²) in [6, 6.07) is 13.5. The first-order valence-electron chi connectivity index (χ1n) is 10.4. The van der Waals surface area contributed by atoms with Crippen molar-refractivity contribution >= 4 is 40.5 Å². The molecular weight excluding hydrogens is 406 g/mol. The molecule has 0 spiro atoms. The van der Waals surface area contributed by atoms with Crippen LogP contribution in [0, 0.1) is 18.3 Å². The van der Waals surface area contributed by atoms with Crippen LogP contribution in [0.5, 0.6) is 0 Å². The zero-order valence-electron chi connectivity index (χ0n) is 18.9. The van der Waals surface area contributed by atoms with Crippen molar-refractivity contribution < 1.29 is 4.79 Å². The fraction of sp³-hybridized carbons (Fsp3) is 0.308. The number of para-hydroxylation sites is 1. The van der Waals surface area contributed by atoms with Crippen molar-refractivity contribution in [2.24, 2.45) is 0 Å². The normalized spacial score (nSPS) is 15.3. The van der Waals surface area contributed by atoms with Gasteiger partial charge in [-0.1, -0.05) is 29.8 Å². The second-order valence-corrected chi connectivity index (χ2v) is 9.18. The van der Waals surface area contributed by atoms with Crippen molar-refractivity contribution in [2.75, 3.05) is 10.2 Å². The van der Waals surface area contributed by atoms with Crippen LogP contribution in [0.3, 0.4) is 0 Å². The van der Waals surface area contributed by atoms with Gasteiger partial charge >= 0.3 is 0 Å². The maximum Gasteiger partial charge on any atom is 0.266 e. The summed E-state index contributed by atoms with van der Waals surface area (Å²) >= 11 is 6.13. The van der Waals surface area contributed by atoms with Gasteiger partial charge in [-0.15, -0.1) is 0 Å². The van der Waals surface area contributed by atoms with Gasteiger partial charge < -0.3 is 10.2 Å². The molecule has 31 heavy (non-hydrogen) atoms. The summed E-state index contributed by atoms with van der Waals surface area (Å²) in [5.74, 6) is -0.482. The number of benzene rings is 2. The Morgan fingerprint density at radius 2 is 1.90 bits per heavy atom. The largest absolute Gasteiger partial charge is 0.360 e. The van der Waals surface area contributed by atoms with Gasteiger partial charge in [-0.05, 0) is 88.6 Å². The molecule has 0 bridgehead atoms. The van der Waals surface area contributed by atoms with Crippen LogP contribution in [0.15, 0.2) is 48.0 Å². The average Bonchev–Trinajstić information content (AvgIpc) is 2.67. The quantitative estimate of drug-likeness (QED) is 0.436. The van der Waals surface area contributed by atoms with Gasteiger partial charge in [0.1, 0.15) is 11.6 Å². The molecule has 1 N–H and O–H groups in total. The molecule has 1 aliphatic rings. The van der Waals surface area contributed by atoms with Gasteiger partial charge in [0.25, 0.3) is 5.91 Å². The van der Waals surface area contributed by atoms with Crippen LogP contribution in [-0.2, 0) is 4.79 Å². The number of aryl methyl sites for hydroxylation is 1. The molecular formula is C26H28ClN3O. The predicted octanol–water partition coefficient (Wildman–Crippen LogP) is 6.60. The van der Waals surface area contributed by atoms with E-state index in [-0.39, 0.29) is 11.1 Å². The van der Waals surface area contributed by atoms with Gasteiger partial charge in [-0.2, -0.15) is 5.26 Å². The van der Waals surface area contributed by atoms with Crippen LogP contribution in [0.4, 0.5) is 11.4 Å². The van der Waals surface area contributed by atoms with E-state index in [4.69, 9.17) is 11.6 Å². The van der Waals surface area contributed by atoms with E-state index in [9.17, 15) is 10.1 Å². The van der Waals surface area contributed by atoms with E-state index in [1.165, 1.54) is 11.3 Å². The molecule has 1 heterocycles. The van der Waals surface area contributed by atoms with Crippen LogP contribution in [-0.4, -0.2) is 17.5 Å². The lowest BCUT2D eigenvalue weighted by molar-refractivity contribution is -0.112. The molecule has 0 saturated heterocycles. The minimum Gasteiger partial charge on any atom is -0.360 e. The molecule has 0 atom stereocenters. The Hall–Kier alpha value is -3.03. The predicted molar refractivity (Wildman–Crippen MR) is 130 cm³/mol. The number of hydrogen-bond acceptors (Lipinski definition) is 3. The lowest BCUT2D eigenvalue weighted by Gasteiger charge is -2.46. The monoisotopic (exact) mass is 433 g/mol. The lowest BCUT2D eigenvalue weighted by atomic mass is 9.85. The summed E-state index contributed by atoms with van der Waals surface area (Å²) in [4.78, 5) is 15.1. The van der Waals surface area contributed by atoms with E-state index in [1.807, 2.05) is 13.0 Å². The highest BCUT2D eigenvalue weighted by atomic mass is 35.5. The summed E-state index contributed by atoms with van der Waals surface area (Å²) in [6.45, 7) is 12.9. The Morgan fingerprint density at radius 3 is 2.52 bits per heavy atom. The van der Waals surface area contributed by atoms with E-state index in [0.29, 0.717) is 16.8 Å². The Labute approximate surface area is 189 Å².